The van der Waals surface area contributed by atoms with E-state index in [0.29, 0.717) is 37.5 Å². The molecule has 0 saturated heterocycles. The number of rotatable bonds is 0. The van der Waals surface area contributed by atoms with Gasteiger partial charge < -0.3 is 30.6 Å². The van der Waals surface area contributed by atoms with Crippen LogP contribution < -0.4 is 30.6 Å². The van der Waals surface area contributed by atoms with Crippen molar-refractivity contribution in [1.29, 1.82) is 31.6 Å². The monoisotopic (exact) mass is 425 g/mol. The van der Waals surface area contributed by atoms with Gasteiger partial charge in [0.15, 0.2) is 0 Å². The summed E-state index contributed by atoms with van der Waals surface area (Å²) in [7, 11) is 0. The van der Waals surface area contributed by atoms with E-state index in [1.807, 2.05) is 0 Å². The quantitative estimate of drug-likeness (QED) is 0.258. The van der Waals surface area contributed by atoms with Crippen molar-refractivity contribution in [3.05, 3.63) is 0 Å². The molecule has 0 unspecified atom stereocenters. The van der Waals surface area contributed by atoms with Crippen LogP contribution in [0.5, 0.6) is 0 Å². The first-order valence-corrected chi connectivity index (χ1v) is 2.57. The second-order valence-electron chi connectivity index (χ2n) is 0.548. The Morgan fingerprint density at radius 2 is 0.429 bits per heavy atom. The Hall–Kier alpha value is -2.74. The van der Waals surface area contributed by atoms with E-state index < -0.39 is 0 Å². The second kappa shape index (κ2) is 429. The van der Waals surface area contributed by atoms with Crippen molar-refractivity contribution < 1.29 is 81.0 Å². The number of hydrogen-bond donors (Lipinski definition) is 0. The Bertz CT molecular complexity index is 268. The van der Waals surface area contributed by atoms with E-state index in [2.05, 4.69) is 0 Å². The molecule has 0 aliphatic rings. The largest absolute Gasteiger partial charge is 2.00 e. The normalized spacial score (nSPS) is 2.00. The molecule has 21 heavy (non-hydrogen) atoms. The predicted octanol–water partition coefficient (Wildman–Crippen LogP) is -7.04. The molecule has 12 nitrogen and oxygen atoms in total. The van der Waals surface area contributed by atoms with Crippen molar-refractivity contribution in [2.75, 3.05) is 0 Å². The zero-order valence-corrected chi connectivity index (χ0v) is 12.3. The van der Waals surface area contributed by atoms with E-state index in [9.17, 15) is 0 Å². The molecule has 0 amide bonds. The zero-order chi connectivity index (χ0) is 16.2. The summed E-state index contributed by atoms with van der Waals surface area (Å²) in [5.41, 5.74) is 0. The van der Waals surface area contributed by atoms with Gasteiger partial charge in [-0.1, -0.05) is 0 Å². The molecule has 0 heterocycles. The van der Waals surface area contributed by atoms with E-state index in [1.165, 1.54) is 0 Å². The molecule has 0 spiro atoms. The number of hydrogen-bond acceptors (Lipinski definition) is 12. The molecule has 0 rings (SSSR count). The maximum absolute atomic E-state index is 8.24. The zero-order valence-electron chi connectivity index (χ0n) is 9.14. The molecular formula is C6CoFeN6NiO6. The third-order valence-corrected chi connectivity index (χ3v) is 0. The van der Waals surface area contributed by atoms with Gasteiger partial charge in [-0.2, -0.15) is 0 Å². The summed E-state index contributed by atoms with van der Waals surface area (Å²) in [5.74, 6) is 0. The second-order valence-corrected chi connectivity index (χ2v) is 0.548. The van der Waals surface area contributed by atoms with Crippen LogP contribution in [0, 0.1) is 69.1 Å². The molecule has 0 aromatic carbocycles. The Balaban J connectivity index is -0.0000000114. The first-order chi connectivity index (χ1) is 8.49. The third kappa shape index (κ3) is 535. The molecule has 1 radical (unpaired) electrons. The van der Waals surface area contributed by atoms with Crippen molar-refractivity contribution in [3.63, 3.8) is 0 Å². The van der Waals surface area contributed by atoms with Gasteiger partial charge in [0.25, 0.3) is 0 Å². The van der Waals surface area contributed by atoms with Crippen LogP contribution in [0.2, 0.25) is 0 Å². The summed E-state index contributed by atoms with van der Waals surface area (Å²) in [6.45, 7) is 0. The topological polar surface area (TPSA) is 281 Å². The molecule has 0 aliphatic heterocycles. The smallest absolute Gasteiger partial charge is 0.812 e. The number of nitriles is 6. The van der Waals surface area contributed by atoms with Gasteiger partial charge >= 0.3 is 50.3 Å². The summed E-state index contributed by atoms with van der Waals surface area (Å²) in [4.78, 5) is 0. The first kappa shape index (κ1) is 63.4. The minimum absolute atomic E-state index is 0. The Morgan fingerprint density at radius 3 is 0.429 bits per heavy atom. The molecule has 0 atom stereocenters. The van der Waals surface area contributed by atoms with Gasteiger partial charge in [-0.3, -0.25) is 0 Å². The Labute approximate surface area is 150 Å². The summed E-state index contributed by atoms with van der Waals surface area (Å²) >= 11 is 0. The summed E-state index contributed by atoms with van der Waals surface area (Å²) in [5, 5.41) is 90.0. The van der Waals surface area contributed by atoms with Gasteiger partial charge in [0.05, 0.1) is 0 Å². The van der Waals surface area contributed by atoms with Crippen molar-refractivity contribution in [2.24, 2.45) is 0 Å². The van der Waals surface area contributed by atoms with Crippen molar-refractivity contribution in [3.8, 4) is 37.5 Å². The molecular weight excluding hydrogens is 426 g/mol. The molecule has 15 heteroatoms. The van der Waals surface area contributed by atoms with Crippen LogP contribution in [0.25, 0.3) is 0 Å². The Kier molecular flexibility index (Phi) is 1300. The van der Waals surface area contributed by atoms with Crippen molar-refractivity contribution in [2.45, 2.75) is 0 Å². The third-order valence-electron chi connectivity index (χ3n) is 0. The van der Waals surface area contributed by atoms with Gasteiger partial charge in [-0.15, -0.1) is 0 Å². The fraction of sp³-hybridized carbons (Fsp3) is 0. The van der Waals surface area contributed by atoms with Crippen LogP contribution in [-0.2, 0) is 50.3 Å². The van der Waals surface area contributed by atoms with E-state index in [4.69, 9.17) is 62.2 Å². The standard InChI is InChI=1S/6CHNO.Co.Fe.Ni/c6*2-1-3;;;/h6*3H;;;/q;;;;;;3*+2/p-6. The molecule has 117 valence electrons. The minimum Gasteiger partial charge on any atom is -0.812 e. The summed E-state index contributed by atoms with van der Waals surface area (Å²) in [6.07, 6.45) is 3.00. The van der Waals surface area contributed by atoms with E-state index >= 15 is 0 Å². The SMILES string of the molecule is N#C[O-].N#C[O-].N#C[O-].N#C[O-].N#C[O-].N#C[O-].[Co+2].[Fe+2].[Ni+2]. The van der Waals surface area contributed by atoms with Gasteiger partial charge in [-0.25, -0.2) is 31.6 Å². The minimum atomic E-state index is 0. The fourth-order valence-corrected chi connectivity index (χ4v) is 0. The van der Waals surface area contributed by atoms with Crippen LogP contribution in [0.15, 0.2) is 0 Å². The van der Waals surface area contributed by atoms with E-state index in [1.54, 1.807) is 0 Å². The van der Waals surface area contributed by atoms with Crippen LogP contribution >= 0.6 is 0 Å². The van der Waals surface area contributed by atoms with Crippen LogP contribution in [0.3, 0.4) is 0 Å². The van der Waals surface area contributed by atoms with Crippen molar-refractivity contribution >= 4 is 0 Å². The van der Waals surface area contributed by atoms with Crippen LogP contribution in [0.1, 0.15) is 0 Å². The van der Waals surface area contributed by atoms with Gasteiger partial charge in [0, 0.05) is 37.5 Å². The fourth-order valence-electron chi connectivity index (χ4n) is 0. The first-order valence-electron chi connectivity index (χ1n) is 2.57. The summed E-state index contributed by atoms with van der Waals surface area (Å²) < 4.78 is 0. The molecule has 0 aromatic heterocycles. The average Bonchev–Trinajstić information content (AvgIpc) is 2.23. The summed E-state index contributed by atoms with van der Waals surface area (Å²) in [6, 6.07) is 0. The van der Waals surface area contributed by atoms with Gasteiger partial charge in [-0.05, 0) is 0 Å². The molecule has 0 fully saturated rings. The maximum atomic E-state index is 8.24. The van der Waals surface area contributed by atoms with E-state index in [0.717, 1.165) is 0 Å². The van der Waals surface area contributed by atoms with Crippen LogP contribution in [0.4, 0.5) is 0 Å². The molecule has 0 bridgehead atoms. The molecule has 0 aliphatic carbocycles. The molecule has 0 N–H and O–H groups in total. The number of nitrogens with zero attached hydrogens (tertiary/aromatic N) is 6. The van der Waals surface area contributed by atoms with Gasteiger partial charge in [0.1, 0.15) is 0 Å². The van der Waals surface area contributed by atoms with Crippen LogP contribution in [-0.4, -0.2) is 0 Å². The Morgan fingerprint density at radius 1 is 0.429 bits per heavy atom. The van der Waals surface area contributed by atoms with Gasteiger partial charge in [0.2, 0.25) is 0 Å². The molecule has 0 aromatic rings. The average molecular weight is 426 g/mol. The van der Waals surface area contributed by atoms with Crippen molar-refractivity contribution in [1.82, 2.24) is 0 Å². The maximum Gasteiger partial charge on any atom is 2.00 e. The predicted molar refractivity (Wildman–Crippen MR) is 33.7 cm³/mol. The molecule has 0 saturated carbocycles. The van der Waals surface area contributed by atoms with E-state index in [-0.39, 0.29) is 50.3 Å².